The molecule has 0 spiro atoms. The summed E-state index contributed by atoms with van der Waals surface area (Å²) in [6.07, 6.45) is 3.47. The van der Waals surface area contributed by atoms with Crippen LogP contribution in [0.5, 0.6) is 5.75 Å². The fraction of sp³-hybridized carbons (Fsp3) is 0.381. The number of halogens is 4. The van der Waals surface area contributed by atoms with E-state index in [1.165, 1.54) is 18.2 Å². The van der Waals surface area contributed by atoms with Gasteiger partial charge in [0.05, 0.1) is 66.8 Å². The number of aromatic nitrogens is 4. The van der Waals surface area contributed by atoms with Gasteiger partial charge in [0.25, 0.3) is 5.92 Å². The van der Waals surface area contributed by atoms with E-state index in [2.05, 4.69) is 38.0 Å². The standard InChI is InChI=1S/C21H23F2N3O2.C21H23F2N3O/c1-3-27-21-16(22)8-14(9-17(21)23)11-26-6-7-28-20(12-26)15-4-5-18-19(10-15)25(2)13-24-18;1-21(22,23)17-5-3-4-15(10-17)12-26-8-9-27-20(13-26)16-6-7-18-19(11-16)25(2)14-24-18/h4-5,8-10,13,20H,3,6-7,11-12H2,1-2H3;3-7,10-11,14,20H,8-9,12-13H2,1-2H3. The number of rotatable bonds is 9. The number of aryl methyl sites for hydroxylation is 2. The van der Waals surface area contributed by atoms with Crippen LogP contribution in [-0.4, -0.2) is 74.9 Å². The van der Waals surface area contributed by atoms with Gasteiger partial charge in [0, 0.05) is 65.9 Å². The molecule has 8 rings (SSSR count). The molecule has 2 saturated heterocycles. The second-order valence-corrected chi connectivity index (χ2v) is 14.3. The van der Waals surface area contributed by atoms with Gasteiger partial charge in [0.2, 0.25) is 0 Å². The molecule has 2 aliphatic heterocycles. The van der Waals surface area contributed by atoms with Gasteiger partial charge in [0.15, 0.2) is 17.4 Å². The van der Waals surface area contributed by atoms with Crippen LogP contribution in [0.25, 0.3) is 22.1 Å². The molecule has 0 saturated carbocycles. The molecule has 0 N–H and O–H groups in total. The molecule has 55 heavy (non-hydrogen) atoms. The first-order valence-electron chi connectivity index (χ1n) is 18.5. The van der Waals surface area contributed by atoms with Crippen molar-refractivity contribution in [1.82, 2.24) is 28.9 Å². The van der Waals surface area contributed by atoms with Gasteiger partial charge in [-0.15, -0.1) is 0 Å². The molecule has 2 atom stereocenters. The molecule has 2 fully saturated rings. The van der Waals surface area contributed by atoms with Gasteiger partial charge in [-0.3, -0.25) is 9.80 Å². The minimum absolute atomic E-state index is 0.0335. The number of fused-ring (bicyclic) bond motifs is 2. The number of ether oxygens (including phenoxy) is 3. The Kier molecular flexibility index (Phi) is 11.5. The number of hydrogen-bond acceptors (Lipinski definition) is 7. The van der Waals surface area contributed by atoms with Crippen LogP contribution in [0, 0.1) is 11.6 Å². The maximum atomic E-state index is 14.1. The summed E-state index contributed by atoms with van der Waals surface area (Å²) in [4.78, 5) is 13.1. The van der Waals surface area contributed by atoms with Crippen molar-refractivity contribution in [3.8, 4) is 5.75 Å². The average molecular weight is 759 g/mol. The second-order valence-electron chi connectivity index (χ2n) is 14.3. The number of nitrogens with zero attached hydrogens (tertiary/aromatic N) is 6. The highest BCUT2D eigenvalue weighted by molar-refractivity contribution is 5.76. The topological polar surface area (TPSA) is 69.8 Å². The lowest BCUT2D eigenvalue weighted by Gasteiger charge is -2.33. The Morgan fingerprint density at radius 3 is 1.76 bits per heavy atom. The summed E-state index contributed by atoms with van der Waals surface area (Å²) in [5, 5.41) is 0. The Bertz CT molecular complexity index is 2230. The highest BCUT2D eigenvalue weighted by Gasteiger charge is 2.27. The third-order valence-electron chi connectivity index (χ3n) is 10.1. The number of benzene rings is 4. The fourth-order valence-corrected chi connectivity index (χ4v) is 7.23. The minimum Gasteiger partial charge on any atom is -0.488 e. The largest absolute Gasteiger partial charge is 0.488 e. The molecule has 13 heteroatoms. The Balaban J connectivity index is 0.000000169. The van der Waals surface area contributed by atoms with Gasteiger partial charge in [0.1, 0.15) is 0 Å². The summed E-state index contributed by atoms with van der Waals surface area (Å²) in [5.74, 6) is -4.45. The van der Waals surface area contributed by atoms with Crippen LogP contribution >= 0.6 is 0 Å². The normalized spacial score (nSPS) is 18.4. The predicted octanol–water partition coefficient (Wildman–Crippen LogP) is 8.08. The molecule has 290 valence electrons. The van der Waals surface area contributed by atoms with E-state index in [0.29, 0.717) is 45.0 Å². The summed E-state index contributed by atoms with van der Waals surface area (Å²) in [7, 11) is 3.94. The summed E-state index contributed by atoms with van der Waals surface area (Å²) in [6.45, 7) is 8.02. The first-order chi connectivity index (χ1) is 26.4. The zero-order valence-corrected chi connectivity index (χ0v) is 31.5. The number of hydrogen-bond donors (Lipinski definition) is 0. The molecule has 4 aromatic carbocycles. The van der Waals surface area contributed by atoms with Crippen LogP contribution in [0.3, 0.4) is 0 Å². The van der Waals surface area contributed by atoms with Crippen LogP contribution in [0.4, 0.5) is 17.6 Å². The average Bonchev–Trinajstić information content (AvgIpc) is 3.74. The second kappa shape index (κ2) is 16.5. The lowest BCUT2D eigenvalue weighted by atomic mass is 10.0. The van der Waals surface area contributed by atoms with Crippen molar-refractivity contribution in [1.29, 1.82) is 0 Å². The highest BCUT2D eigenvalue weighted by atomic mass is 19.3. The van der Waals surface area contributed by atoms with E-state index in [-0.39, 0.29) is 30.1 Å². The SMILES string of the molecule is CCOc1c(F)cc(CN2CCOC(c3ccc4ncn(C)c4c3)C2)cc1F.Cn1cnc2ccc(C3CN(Cc4cccc(C(C)(F)F)c4)CCO3)cc21. The fourth-order valence-electron chi connectivity index (χ4n) is 7.23. The van der Waals surface area contributed by atoms with Gasteiger partial charge in [-0.25, -0.2) is 27.5 Å². The highest BCUT2D eigenvalue weighted by Crippen LogP contribution is 2.31. The lowest BCUT2D eigenvalue weighted by Crippen LogP contribution is -2.37. The van der Waals surface area contributed by atoms with E-state index in [1.807, 2.05) is 47.5 Å². The Labute approximate surface area is 318 Å². The maximum absolute atomic E-state index is 14.1. The molecule has 2 unspecified atom stereocenters. The summed E-state index contributed by atoms with van der Waals surface area (Å²) in [5.41, 5.74) is 7.77. The molecule has 6 aromatic rings. The first-order valence-corrected chi connectivity index (χ1v) is 18.5. The third-order valence-corrected chi connectivity index (χ3v) is 10.1. The van der Waals surface area contributed by atoms with E-state index >= 15 is 0 Å². The van der Waals surface area contributed by atoms with E-state index in [9.17, 15) is 17.6 Å². The quantitative estimate of drug-likeness (QED) is 0.138. The first kappa shape index (κ1) is 38.5. The Morgan fingerprint density at radius 2 is 1.25 bits per heavy atom. The summed E-state index contributed by atoms with van der Waals surface area (Å²) >= 11 is 0. The molecule has 0 radical (unpaired) electrons. The van der Waals surface area contributed by atoms with Crippen molar-refractivity contribution in [3.05, 3.63) is 125 Å². The molecule has 0 aliphatic carbocycles. The van der Waals surface area contributed by atoms with Crippen LogP contribution in [-0.2, 0) is 42.6 Å². The number of imidazole rings is 2. The lowest BCUT2D eigenvalue weighted by molar-refractivity contribution is -0.0330. The van der Waals surface area contributed by atoms with Crippen LogP contribution in [0.15, 0.2) is 85.5 Å². The zero-order chi connectivity index (χ0) is 38.7. The van der Waals surface area contributed by atoms with E-state index in [0.717, 1.165) is 58.8 Å². The van der Waals surface area contributed by atoms with E-state index in [4.69, 9.17) is 14.2 Å². The Hall–Kier alpha value is -4.82. The summed E-state index contributed by atoms with van der Waals surface area (Å²) in [6, 6.07) is 21.7. The van der Waals surface area contributed by atoms with Gasteiger partial charge in [-0.05, 0) is 71.6 Å². The van der Waals surface area contributed by atoms with Crippen LogP contribution in [0.2, 0.25) is 0 Å². The monoisotopic (exact) mass is 758 g/mol. The molecule has 2 aromatic heterocycles. The number of morpholine rings is 2. The molecular formula is C42H46F4N6O3. The van der Waals surface area contributed by atoms with Gasteiger partial charge in [-0.2, -0.15) is 0 Å². The molecule has 2 aliphatic rings. The predicted molar refractivity (Wildman–Crippen MR) is 203 cm³/mol. The molecule has 9 nitrogen and oxygen atoms in total. The molecule has 0 amide bonds. The number of alkyl halides is 2. The van der Waals surface area contributed by atoms with Gasteiger partial charge >= 0.3 is 0 Å². The van der Waals surface area contributed by atoms with Crippen molar-refractivity contribution in [2.45, 2.75) is 45.1 Å². The zero-order valence-electron chi connectivity index (χ0n) is 31.5. The van der Waals surface area contributed by atoms with Crippen molar-refractivity contribution < 1.29 is 31.8 Å². The van der Waals surface area contributed by atoms with E-state index in [1.54, 1.807) is 31.7 Å². The summed E-state index contributed by atoms with van der Waals surface area (Å²) < 4.78 is 76.4. The van der Waals surface area contributed by atoms with Crippen molar-refractivity contribution in [2.75, 3.05) is 46.0 Å². The van der Waals surface area contributed by atoms with Crippen LogP contribution < -0.4 is 4.74 Å². The molecule has 4 heterocycles. The van der Waals surface area contributed by atoms with Crippen molar-refractivity contribution in [2.24, 2.45) is 14.1 Å². The molecular weight excluding hydrogens is 712 g/mol. The van der Waals surface area contributed by atoms with E-state index < -0.39 is 17.6 Å². The van der Waals surface area contributed by atoms with Crippen molar-refractivity contribution >= 4 is 22.1 Å². The van der Waals surface area contributed by atoms with Gasteiger partial charge in [-0.1, -0.05) is 30.3 Å². The third kappa shape index (κ3) is 9.02. The molecule has 0 bridgehead atoms. The minimum atomic E-state index is -2.82. The van der Waals surface area contributed by atoms with Crippen molar-refractivity contribution in [3.63, 3.8) is 0 Å². The Morgan fingerprint density at radius 1 is 0.727 bits per heavy atom. The maximum Gasteiger partial charge on any atom is 0.270 e. The smallest absolute Gasteiger partial charge is 0.270 e. The van der Waals surface area contributed by atoms with Gasteiger partial charge < -0.3 is 23.3 Å². The van der Waals surface area contributed by atoms with Crippen LogP contribution in [0.1, 0.15) is 53.9 Å².